The number of benzene rings is 1. The SMILES string of the molecule is CCCCC(C)NS(=O)(=O)c1ccc(F)c(C#N)c1. The fourth-order valence-corrected chi connectivity index (χ4v) is 2.96. The molecule has 1 aromatic rings. The summed E-state index contributed by atoms with van der Waals surface area (Å²) in [5.41, 5.74) is -0.274. The second kappa shape index (κ2) is 6.64. The lowest BCUT2D eigenvalue weighted by Crippen LogP contribution is -2.32. The zero-order valence-electron chi connectivity index (χ0n) is 11.0. The Bertz CT molecular complexity index is 579. The van der Waals surface area contributed by atoms with Crippen LogP contribution in [0.15, 0.2) is 23.1 Å². The lowest BCUT2D eigenvalue weighted by atomic mass is 10.2. The molecule has 0 heterocycles. The van der Waals surface area contributed by atoms with Gasteiger partial charge in [0.05, 0.1) is 10.5 Å². The van der Waals surface area contributed by atoms with Gasteiger partial charge in [-0.15, -0.1) is 0 Å². The summed E-state index contributed by atoms with van der Waals surface area (Å²) in [4.78, 5) is -0.0891. The molecule has 19 heavy (non-hydrogen) atoms. The minimum Gasteiger partial charge on any atom is -0.208 e. The molecular weight excluding hydrogens is 267 g/mol. The highest BCUT2D eigenvalue weighted by atomic mass is 32.2. The average molecular weight is 284 g/mol. The van der Waals surface area contributed by atoms with E-state index >= 15 is 0 Å². The van der Waals surface area contributed by atoms with E-state index < -0.39 is 15.8 Å². The van der Waals surface area contributed by atoms with Crippen molar-refractivity contribution in [2.45, 2.75) is 44.0 Å². The monoisotopic (exact) mass is 284 g/mol. The van der Waals surface area contributed by atoms with E-state index in [1.807, 2.05) is 6.92 Å². The zero-order chi connectivity index (χ0) is 14.5. The topological polar surface area (TPSA) is 70.0 Å². The second-order valence-electron chi connectivity index (χ2n) is 4.42. The van der Waals surface area contributed by atoms with Crippen LogP contribution in [0.5, 0.6) is 0 Å². The van der Waals surface area contributed by atoms with Crippen molar-refractivity contribution in [1.82, 2.24) is 4.72 Å². The molecule has 1 N–H and O–H groups in total. The van der Waals surface area contributed by atoms with Crippen LogP contribution in [0.2, 0.25) is 0 Å². The van der Waals surface area contributed by atoms with Crippen molar-refractivity contribution in [3.63, 3.8) is 0 Å². The summed E-state index contributed by atoms with van der Waals surface area (Å²) in [6, 6.07) is 4.63. The van der Waals surface area contributed by atoms with Gasteiger partial charge in [-0.05, 0) is 31.5 Å². The van der Waals surface area contributed by atoms with Gasteiger partial charge in [-0.3, -0.25) is 0 Å². The maximum absolute atomic E-state index is 13.1. The molecule has 0 radical (unpaired) electrons. The first-order valence-electron chi connectivity index (χ1n) is 6.12. The van der Waals surface area contributed by atoms with Gasteiger partial charge in [0.1, 0.15) is 11.9 Å². The fourth-order valence-electron chi connectivity index (χ4n) is 1.66. The van der Waals surface area contributed by atoms with Gasteiger partial charge in [0, 0.05) is 6.04 Å². The summed E-state index contributed by atoms with van der Waals surface area (Å²) in [6.45, 7) is 3.81. The minimum atomic E-state index is -3.71. The molecule has 0 fully saturated rings. The molecule has 104 valence electrons. The Balaban J connectivity index is 2.92. The first kappa shape index (κ1) is 15.6. The first-order valence-corrected chi connectivity index (χ1v) is 7.61. The third-order valence-corrected chi connectivity index (χ3v) is 4.30. The van der Waals surface area contributed by atoms with E-state index in [2.05, 4.69) is 4.72 Å². The number of hydrogen-bond acceptors (Lipinski definition) is 3. The third-order valence-electron chi connectivity index (χ3n) is 2.72. The van der Waals surface area contributed by atoms with Gasteiger partial charge in [-0.1, -0.05) is 19.8 Å². The quantitative estimate of drug-likeness (QED) is 0.872. The maximum Gasteiger partial charge on any atom is 0.240 e. The van der Waals surface area contributed by atoms with E-state index in [0.29, 0.717) is 0 Å². The van der Waals surface area contributed by atoms with E-state index in [-0.39, 0.29) is 16.5 Å². The lowest BCUT2D eigenvalue weighted by molar-refractivity contribution is 0.534. The van der Waals surface area contributed by atoms with Crippen LogP contribution in [0.25, 0.3) is 0 Å². The molecule has 0 aliphatic heterocycles. The summed E-state index contributed by atoms with van der Waals surface area (Å²) < 4.78 is 39.8. The summed E-state index contributed by atoms with van der Waals surface area (Å²) in [6.07, 6.45) is 2.65. The molecule has 1 aromatic carbocycles. The number of nitrogens with zero attached hydrogens (tertiary/aromatic N) is 1. The molecule has 0 aromatic heterocycles. The number of hydrogen-bond donors (Lipinski definition) is 1. The molecule has 1 unspecified atom stereocenters. The highest BCUT2D eigenvalue weighted by molar-refractivity contribution is 7.89. The molecule has 0 aliphatic rings. The number of rotatable bonds is 6. The Hall–Kier alpha value is -1.45. The third kappa shape index (κ3) is 4.30. The first-order chi connectivity index (χ1) is 8.90. The summed E-state index contributed by atoms with van der Waals surface area (Å²) in [5.74, 6) is -0.722. The largest absolute Gasteiger partial charge is 0.240 e. The minimum absolute atomic E-state index is 0.0891. The summed E-state index contributed by atoms with van der Waals surface area (Å²) >= 11 is 0. The fraction of sp³-hybridized carbons (Fsp3) is 0.462. The van der Waals surface area contributed by atoms with Crippen LogP contribution in [0.3, 0.4) is 0 Å². The highest BCUT2D eigenvalue weighted by Gasteiger charge is 2.18. The van der Waals surface area contributed by atoms with Crippen LogP contribution in [-0.4, -0.2) is 14.5 Å². The maximum atomic E-state index is 13.1. The van der Waals surface area contributed by atoms with Crippen molar-refractivity contribution in [2.24, 2.45) is 0 Å². The molecule has 0 bridgehead atoms. The molecule has 4 nitrogen and oxygen atoms in total. The smallest absolute Gasteiger partial charge is 0.208 e. The van der Waals surface area contributed by atoms with Crippen molar-refractivity contribution in [1.29, 1.82) is 5.26 Å². The van der Waals surface area contributed by atoms with Crippen molar-refractivity contribution in [2.75, 3.05) is 0 Å². The van der Waals surface area contributed by atoms with Gasteiger partial charge >= 0.3 is 0 Å². The van der Waals surface area contributed by atoms with E-state index in [1.54, 1.807) is 13.0 Å². The molecule has 1 atom stereocenters. The van der Waals surface area contributed by atoms with Crippen LogP contribution in [0.1, 0.15) is 38.7 Å². The van der Waals surface area contributed by atoms with Gasteiger partial charge in [0.15, 0.2) is 0 Å². The van der Waals surface area contributed by atoms with Crippen LogP contribution in [-0.2, 0) is 10.0 Å². The Labute approximate surface area is 113 Å². The van der Waals surface area contributed by atoms with Crippen molar-refractivity contribution >= 4 is 10.0 Å². The summed E-state index contributed by atoms with van der Waals surface area (Å²) in [7, 11) is -3.71. The van der Waals surface area contributed by atoms with E-state index in [4.69, 9.17) is 5.26 Å². The van der Waals surface area contributed by atoms with Gasteiger partial charge in [-0.2, -0.15) is 5.26 Å². The van der Waals surface area contributed by atoms with Crippen LogP contribution < -0.4 is 4.72 Å². The molecule has 6 heteroatoms. The van der Waals surface area contributed by atoms with Gasteiger partial charge in [0.25, 0.3) is 0 Å². The molecule has 0 aliphatic carbocycles. The van der Waals surface area contributed by atoms with Crippen LogP contribution >= 0.6 is 0 Å². The zero-order valence-corrected chi connectivity index (χ0v) is 11.8. The predicted octanol–water partition coefficient (Wildman–Crippen LogP) is 2.55. The van der Waals surface area contributed by atoms with Crippen molar-refractivity contribution in [3.8, 4) is 6.07 Å². The molecule has 0 saturated heterocycles. The Morgan fingerprint density at radius 2 is 2.16 bits per heavy atom. The Morgan fingerprint density at radius 3 is 2.74 bits per heavy atom. The Kier molecular flexibility index (Phi) is 5.45. The van der Waals surface area contributed by atoms with Gasteiger partial charge in [-0.25, -0.2) is 17.5 Å². The number of halogens is 1. The predicted molar refractivity (Wildman–Crippen MR) is 70.4 cm³/mol. The molecule has 1 rings (SSSR count). The Morgan fingerprint density at radius 1 is 1.47 bits per heavy atom. The second-order valence-corrected chi connectivity index (χ2v) is 6.13. The number of sulfonamides is 1. The molecule has 0 spiro atoms. The van der Waals surface area contributed by atoms with Gasteiger partial charge in [0.2, 0.25) is 10.0 Å². The van der Waals surface area contributed by atoms with E-state index in [1.165, 1.54) is 0 Å². The standard InChI is InChI=1S/C13H17FN2O2S/c1-3-4-5-10(2)16-19(17,18)12-6-7-13(14)11(8-12)9-15/h6-8,10,16H,3-5H2,1-2H3. The lowest BCUT2D eigenvalue weighted by Gasteiger charge is -2.14. The van der Waals surface area contributed by atoms with Gasteiger partial charge < -0.3 is 0 Å². The molecule has 0 saturated carbocycles. The van der Waals surface area contributed by atoms with E-state index in [0.717, 1.165) is 37.5 Å². The van der Waals surface area contributed by atoms with Crippen LogP contribution in [0.4, 0.5) is 4.39 Å². The summed E-state index contributed by atoms with van der Waals surface area (Å²) in [5, 5.41) is 8.70. The van der Waals surface area contributed by atoms with E-state index in [9.17, 15) is 12.8 Å². The highest BCUT2D eigenvalue weighted by Crippen LogP contribution is 2.15. The number of unbranched alkanes of at least 4 members (excludes halogenated alkanes) is 1. The molecule has 0 amide bonds. The number of nitrogens with one attached hydrogen (secondary N) is 1. The van der Waals surface area contributed by atoms with Crippen LogP contribution in [0, 0.1) is 17.1 Å². The normalized spacial score (nSPS) is 12.9. The number of nitriles is 1. The molecular formula is C13H17FN2O2S. The van der Waals surface area contributed by atoms with Crippen molar-refractivity contribution < 1.29 is 12.8 Å². The average Bonchev–Trinajstić information content (AvgIpc) is 2.36. The van der Waals surface area contributed by atoms with Crippen molar-refractivity contribution in [3.05, 3.63) is 29.6 Å².